The molecule has 0 fully saturated rings. The average molecular weight is 392 g/mol. The summed E-state index contributed by atoms with van der Waals surface area (Å²) >= 11 is 0. The highest BCUT2D eigenvalue weighted by atomic mass is 19.1. The Labute approximate surface area is 166 Å². The molecule has 146 valence electrons. The van der Waals surface area contributed by atoms with Gasteiger partial charge in [-0.2, -0.15) is 0 Å². The maximum absolute atomic E-state index is 13.7. The lowest BCUT2D eigenvalue weighted by Crippen LogP contribution is -2.40. The van der Waals surface area contributed by atoms with Gasteiger partial charge in [0, 0.05) is 11.4 Å². The smallest absolute Gasteiger partial charge is 0.269 e. The SMILES string of the molecule is O=C(Nc1ccc(NC(=O)[C@H]2COc3ccccc3O2)cc1)c1ccccc1F. The number of amides is 2. The molecule has 1 aliphatic heterocycles. The van der Waals surface area contributed by atoms with Crippen molar-refractivity contribution >= 4 is 23.2 Å². The van der Waals surface area contributed by atoms with Crippen LogP contribution in [0.25, 0.3) is 0 Å². The van der Waals surface area contributed by atoms with Gasteiger partial charge in [-0.25, -0.2) is 4.39 Å². The summed E-state index contributed by atoms with van der Waals surface area (Å²) in [7, 11) is 0. The van der Waals surface area contributed by atoms with Gasteiger partial charge in [-0.05, 0) is 48.5 Å². The first-order valence-electron chi connectivity index (χ1n) is 8.95. The number of halogens is 1. The largest absolute Gasteiger partial charge is 0.485 e. The Kier molecular flexibility index (Phi) is 5.11. The maximum Gasteiger partial charge on any atom is 0.269 e. The van der Waals surface area contributed by atoms with Gasteiger partial charge in [-0.15, -0.1) is 0 Å². The Bertz CT molecular complexity index is 1050. The van der Waals surface area contributed by atoms with Gasteiger partial charge in [0.25, 0.3) is 11.8 Å². The van der Waals surface area contributed by atoms with Gasteiger partial charge < -0.3 is 20.1 Å². The number of ether oxygens (including phenoxy) is 2. The molecule has 1 atom stereocenters. The van der Waals surface area contributed by atoms with Gasteiger partial charge in [-0.1, -0.05) is 24.3 Å². The lowest BCUT2D eigenvalue weighted by molar-refractivity contribution is -0.125. The van der Waals surface area contributed by atoms with Crippen molar-refractivity contribution in [2.24, 2.45) is 0 Å². The molecule has 0 saturated carbocycles. The van der Waals surface area contributed by atoms with Crippen molar-refractivity contribution in [1.29, 1.82) is 0 Å². The Morgan fingerprint density at radius 1 is 0.828 bits per heavy atom. The van der Waals surface area contributed by atoms with Gasteiger partial charge in [-0.3, -0.25) is 9.59 Å². The van der Waals surface area contributed by atoms with E-state index in [-0.39, 0.29) is 18.1 Å². The third-order valence-electron chi connectivity index (χ3n) is 4.33. The fraction of sp³-hybridized carbons (Fsp3) is 0.0909. The van der Waals surface area contributed by atoms with Crippen molar-refractivity contribution in [2.45, 2.75) is 6.10 Å². The van der Waals surface area contributed by atoms with Crippen molar-refractivity contribution < 1.29 is 23.5 Å². The number of anilines is 2. The summed E-state index contributed by atoms with van der Waals surface area (Å²) in [4.78, 5) is 24.6. The maximum atomic E-state index is 13.7. The van der Waals surface area contributed by atoms with Crippen LogP contribution in [0.2, 0.25) is 0 Å². The summed E-state index contributed by atoms with van der Waals surface area (Å²) in [6, 6.07) is 19.4. The Morgan fingerprint density at radius 3 is 2.17 bits per heavy atom. The number of hydrogen-bond donors (Lipinski definition) is 2. The molecule has 2 amide bonds. The second-order valence-corrected chi connectivity index (χ2v) is 6.36. The van der Waals surface area contributed by atoms with E-state index >= 15 is 0 Å². The molecule has 6 nitrogen and oxygen atoms in total. The van der Waals surface area contributed by atoms with E-state index in [2.05, 4.69) is 10.6 Å². The highest BCUT2D eigenvalue weighted by Gasteiger charge is 2.27. The minimum absolute atomic E-state index is 0.0420. The van der Waals surface area contributed by atoms with Crippen LogP contribution in [0.3, 0.4) is 0 Å². The van der Waals surface area contributed by atoms with E-state index in [1.165, 1.54) is 18.2 Å². The molecule has 2 N–H and O–H groups in total. The number of carbonyl (C=O) groups is 2. The molecule has 0 aliphatic carbocycles. The molecule has 0 saturated heterocycles. The molecule has 0 aromatic heterocycles. The van der Waals surface area contributed by atoms with E-state index in [0.717, 1.165) is 0 Å². The van der Waals surface area contributed by atoms with Crippen LogP contribution < -0.4 is 20.1 Å². The first kappa shape index (κ1) is 18.5. The van der Waals surface area contributed by atoms with Crippen molar-refractivity contribution in [3.8, 4) is 11.5 Å². The van der Waals surface area contributed by atoms with E-state index < -0.39 is 17.8 Å². The van der Waals surface area contributed by atoms with Crippen LogP contribution in [-0.4, -0.2) is 24.5 Å². The molecule has 7 heteroatoms. The van der Waals surface area contributed by atoms with Crippen LogP contribution >= 0.6 is 0 Å². The van der Waals surface area contributed by atoms with E-state index in [1.807, 2.05) is 6.07 Å². The van der Waals surface area contributed by atoms with Crippen LogP contribution in [-0.2, 0) is 4.79 Å². The molecule has 1 heterocycles. The number of rotatable bonds is 4. The molecule has 29 heavy (non-hydrogen) atoms. The normalized spacial score (nSPS) is 14.7. The molecular weight excluding hydrogens is 375 g/mol. The second-order valence-electron chi connectivity index (χ2n) is 6.36. The van der Waals surface area contributed by atoms with Gasteiger partial charge in [0.05, 0.1) is 5.56 Å². The van der Waals surface area contributed by atoms with Gasteiger partial charge >= 0.3 is 0 Å². The summed E-state index contributed by atoms with van der Waals surface area (Å²) in [5.74, 6) is -0.365. The van der Waals surface area contributed by atoms with Crippen LogP contribution in [0.15, 0.2) is 72.8 Å². The fourth-order valence-electron chi connectivity index (χ4n) is 2.85. The number of nitrogens with one attached hydrogen (secondary N) is 2. The quantitative estimate of drug-likeness (QED) is 0.707. The molecule has 1 aliphatic rings. The zero-order valence-electron chi connectivity index (χ0n) is 15.2. The van der Waals surface area contributed by atoms with E-state index in [0.29, 0.717) is 22.9 Å². The van der Waals surface area contributed by atoms with Crippen molar-refractivity contribution in [3.63, 3.8) is 0 Å². The summed E-state index contributed by atoms with van der Waals surface area (Å²) in [5.41, 5.74) is 0.961. The summed E-state index contributed by atoms with van der Waals surface area (Å²) in [6.45, 7) is 0.111. The molecule has 4 rings (SSSR count). The molecule has 0 unspecified atom stereocenters. The van der Waals surface area contributed by atoms with E-state index in [1.54, 1.807) is 48.5 Å². The summed E-state index contributed by atoms with van der Waals surface area (Å²) < 4.78 is 24.9. The van der Waals surface area contributed by atoms with E-state index in [9.17, 15) is 14.0 Å². The molecule has 0 radical (unpaired) electrons. The highest BCUT2D eigenvalue weighted by molar-refractivity contribution is 6.04. The number of fused-ring (bicyclic) bond motifs is 1. The van der Waals surface area contributed by atoms with Crippen LogP contribution in [0.5, 0.6) is 11.5 Å². The number of para-hydroxylation sites is 2. The minimum atomic E-state index is -0.773. The first-order valence-corrected chi connectivity index (χ1v) is 8.95. The lowest BCUT2D eigenvalue weighted by Gasteiger charge is -2.25. The van der Waals surface area contributed by atoms with E-state index in [4.69, 9.17) is 9.47 Å². The molecule has 0 bridgehead atoms. The average Bonchev–Trinajstić information content (AvgIpc) is 2.75. The Balaban J connectivity index is 1.37. The van der Waals surface area contributed by atoms with Gasteiger partial charge in [0.1, 0.15) is 12.4 Å². The first-order chi connectivity index (χ1) is 14.1. The molecular formula is C22H17FN2O4. The van der Waals surface area contributed by atoms with Crippen LogP contribution in [0, 0.1) is 5.82 Å². The predicted octanol–water partition coefficient (Wildman–Crippen LogP) is 3.86. The number of carbonyl (C=O) groups excluding carboxylic acids is 2. The lowest BCUT2D eigenvalue weighted by atomic mass is 10.2. The molecule has 3 aromatic carbocycles. The fourth-order valence-corrected chi connectivity index (χ4v) is 2.85. The van der Waals surface area contributed by atoms with Crippen LogP contribution in [0.4, 0.5) is 15.8 Å². The predicted molar refractivity (Wildman–Crippen MR) is 106 cm³/mol. The molecule has 0 spiro atoms. The topological polar surface area (TPSA) is 76.7 Å². The zero-order chi connectivity index (χ0) is 20.2. The van der Waals surface area contributed by atoms with Gasteiger partial charge in [0.15, 0.2) is 11.5 Å². The van der Waals surface area contributed by atoms with Crippen LogP contribution in [0.1, 0.15) is 10.4 Å². The third-order valence-corrected chi connectivity index (χ3v) is 4.33. The number of hydrogen-bond acceptors (Lipinski definition) is 4. The Morgan fingerprint density at radius 2 is 1.45 bits per heavy atom. The second kappa shape index (κ2) is 8.02. The minimum Gasteiger partial charge on any atom is -0.485 e. The van der Waals surface area contributed by atoms with Crippen molar-refractivity contribution in [3.05, 3.63) is 84.2 Å². The zero-order valence-corrected chi connectivity index (χ0v) is 15.2. The third kappa shape index (κ3) is 4.19. The molecule has 3 aromatic rings. The monoisotopic (exact) mass is 392 g/mol. The van der Waals surface area contributed by atoms with Gasteiger partial charge in [0.2, 0.25) is 6.10 Å². The van der Waals surface area contributed by atoms with Crippen molar-refractivity contribution in [1.82, 2.24) is 0 Å². The van der Waals surface area contributed by atoms with Crippen molar-refractivity contribution in [2.75, 3.05) is 17.2 Å². The summed E-state index contributed by atoms with van der Waals surface area (Å²) in [6.07, 6.45) is -0.773. The highest BCUT2D eigenvalue weighted by Crippen LogP contribution is 2.31. The standard InChI is InChI=1S/C22H17FN2O4/c23-17-6-2-1-5-16(17)21(26)24-14-9-11-15(12-10-14)25-22(27)20-13-28-18-7-3-4-8-19(18)29-20/h1-12,20H,13H2,(H,24,26)(H,25,27)/t20-/m1/s1. The summed E-state index contributed by atoms with van der Waals surface area (Å²) in [5, 5.41) is 5.36. The Hall–Kier alpha value is -3.87. The number of benzene rings is 3.